The van der Waals surface area contributed by atoms with Gasteiger partial charge in [0.2, 0.25) is 0 Å². The second-order valence-electron chi connectivity index (χ2n) is 8.35. The molecule has 0 aromatic heterocycles. The Labute approximate surface area is 167 Å². The predicted octanol–water partition coefficient (Wildman–Crippen LogP) is 2.50. The maximum Gasteiger partial charge on any atom is 0.407 e. The van der Waals surface area contributed by atoms with Crippen LogP contribution in [0.25, 0.3) is 0 Å². The normalized spacial score (nSPS) is 20.8. The molecule has 0 unspecified atom stereocenters. The standard InChI is InChI=1S/C21H33N3O4/c1-21(2,3)28-20(25)22-9-10-23-11-13-24(14-12-23)17-4-6-18(7-5-17)27-19-8-15-26-16-19/h4-7,19H,8-16H2,1-3H3,(H,22,25)/t19-/m0/s1. The summed E-state index contributed by atoms with van der Waals surface area (Å²) in [6.45, 7) is 12.4. The minimum atomic E-state index is -0.457. The third kappa shape index (κ3) is 6.56. The van der Waals surface area contributed by atoms with Gasteiger partial charge in [-0.25, -0.2) is 4.79 Å². The van der Waals surface area contributed by atoms with Crippen molar-refractivity contribution in [1.29, 1.82) is 0 Å². The van der Waals surface area contributed by atoms with Crippen LogP contribution >= 0.6 is 0 Å². The molecule has 1 aromatic carbocycles. The highest BCUT2D eigenvalue weighted by molar-refractivity contribution is 5.67. The van der Waals surface area contributed by atoms with Crippen LogP contribution in [-0.4, -0.2) is 75.2 Å². The molecule has 2 aliphatic rings. The number of nitrogens with one attached hydrogen (secondary N) is 1. The van der Waals surface area contributed by atoms with E-state index in [4.69, 9.17) is 14.2 Å². The fourth-order valence-corrected chi connectivity index (χ4v) is 3.39. The molecule has 7 heteroatoms. The van der Waals surface area contributed by atoms with Gasteiger partial charge in [0.1, 0.15) is 17.5 Å². The van der Waals surface area contributed by atoms with E-state index in [1.54, 1.807) is 0 Å². The van der Waals surface area contributed by atoms with Crippen molar-refractivity contribution in [2.45, 2.75) is 38.9 Å². The molecule has 156 valence electrons. The zero-order valence-corrected chi connectivity index (χ0v) is 17.3. The molecule has 0 radical (unpaired) electrons. The van der Waals surface area contributed by atoms with Gasteiger partial charge in [0.05, 0.1) is 13.2 Å². The number of ether oxygens (including phenoxy) is 3. The fourth-order valence-electron chi connectivity index (χ4n) is 3.39. The molecule has 1 amide bonds. The maximum atomic E-state index is 11.7. The van der Waals surface area contributed by atoms with Crippen molar-refractivity contribution in [2.24, 2.45) is 0 Å². The average molecular weight is 392 g/mol. The summed E-state index contributed by atoms with van der Waals surface area (Å²) in [4.78, 5) is 16.5. The van der Waals surface area contributed by atoms with Crippen LogP contribution in [0.1, 0.15) is 27.2 Å². The quantitative estimate of drug-likeness (QED) is 0.804. The average Bonchev–Trinajstić information content (AvgIpc) is 3.15. The highest BCUT2D eigenvalue weighted by atomic mass is 16.6. The Morgan fingerprint density at radius 2 is 1.89 bits per heavy atom. The molecule has 0 saturated carbocycles. The van der Waals surface area contributed by atoms with Crippen molar-refractivity contribution < 1.29 is 19.0 Å². The molecule has 2 fully saturated rings. The monoisotopic (exact) mass is 391 g/mol. The highest BCUT2D eigenvalue weighted by Gasteiger charge is 2.20. The molecule has 0 aliphatic carbocycles. The summed E-state index contributed by atoms with van der Waals surface area (Å²) in [6.07, 6.45) is 0.799. The SMILES string of the molecule is CC(C)(C)OC(=O)NCCN1CCN(c2ccc(O[C@H]3CCOC3)cc2)CC1. The van der Waals surface area contributed by atoms with Crippen molar-refractivity contribution in [3.63, 3.8) is 0 Å². The molecule has 1 atom stereocenters. The van der Waals surface area contributed by atoms with Crippen LogP contribution in [0.3, 0.4) is 0 Å². The minimum absolute atomic E-state index is 0.184. The van der Waals surface area contributed by atoms with Crippen LogP contribution in [0.4, 0.5) is 10.5 Å². The van der Waals surface area contributed by atoms with Gasteiger partial charge in [0, 0.05) is 51.4 Å². The first-order chi connectivity index (χ1) is 13.4. The van der Waals surface area contributed by atoms with E-state index < -0.39 is 5.60 Å². The molecule has 1 aromatic rings. The van der Waals surface area contributed by atoms with Gasteiger partial charge in [-0.05, 0) is 45.0 Å². The second kappa shape index (κ2) is 9.47. The summed E-state index contributed by atoms with van der Waals surface area (Å²) in [5, 5.41) is 2.83. The Morgan fingerprint density at radius 1 is 1.18 bits per heavy atom. The van der Waals surface area contributed by atoms with E-state index in [0.29, 0.717) is 13.2 Å². The zero-order chi connectivity index (χ0) is 20.0. The number of alkyl carbamates (subject to hydrolysis) is 1. The van der Waals surface area contributed by atoms with Crippen LogP contribution in [0.5, 0.6) is 5.75 Å². The topological polar surface area (TPSA) is 63.3 Å². The van der Waals surface area contributed by atoms with E-state index in [9.17, 15) is 4.79 Å². The number of hydrogen-bond acceptors (Lipinski definition) is 6. The number of anilines is 1. The van der Waals surface area contributed by atoms with E-state index in [1.807, 2.05) is 32.9 Å². The molecule has 0 bridgehead atoms. The number of carbonyl (C=O) groups is 1. The number of hydrogen-bond donors (Lipinski definition) is 1. The largest absolute Gasteiger partial charge is 0.488 e. The molecule has 3 rings (SSSR count). The predicted molar refractivity (Wildman–Crippen MR) is 109 cm³/mol. The van der Waals surface area contributed by atoms with Crippen LogP contribution in [0, 0.1) is 0 Å². The van der Waals surface area contributed by atoms with Gasteiger partial charge in [-0.1, -0.05) is 0 Å². The number of piperazine rings is 1. The lowest BCUT2D eigenvalue weighted by atomic mass is 10.2. The van der Waals surface area contributed by atoms with Crippen molar-refractivity contribution in [3.8, 4) is 5.75 Å². The summed E-state index contributed by atoms with van der Waals surface area (Å²) in [5.74, 6) is 0.908. The van der Waals surface area contributed by atoms with Crippen molar-refractivity contribution in [1.82, 2.24) is 10.2 Å². The number of rotatable bonds is 6. The van der Waals surface area contributed by atoms with Crippen LogP contribution in [-0.2, 0) is 9.47 Å². The van der Waals surface area contributed by atoms with Gasteiger partial charge >= 0.3 is 6.09 Å². The van der Waals surface area contributed by atoms with Crippen molar-refractivity contribution in [2.75, 3.05) is 57.4 Å². The lowest BCUT2D eigenvalue weighted by Gasteiger charge is -2.36. The van der Waals surface area contributed by atoms with Gasteiger partial charge in [-0.2, -0.15) is 0 Å². The molecule has 7 nitrogen and oxygen atoms in total. The van der Waals surface area contributed by atoms with E-state index in [-0.39, 0.29) is 12.2 Å². The van der Waals surface area contributed by atoms with E-state index in [1.165, 1.54) is 5.69 Å². The summed E-state index contributed by atoms with van der Waals surface area (Å²) in [6, 6.07) is 8.35. The number of carbonyl (C=O) groups excluding carboxylic acids is 1. The number of amides is 1. The van der Waals surface area contributed by atoms with Gasteiger partial charge < -0.3 is 24.4 Å². The fraction of sp³-hybridized carbons (Fsp3) is 0.667. The Morgan fingerprint density at radius 3 is 2.50 bits per heavy atom. The van der Waals surface area contributed by atoms with E-state index in [0.717, 1.165) is 51.5 Å². The van der Waals surface area contributed by atoms with Crippen LogP contribution in [0.15, 0.2) is 24.3 Å². The van der Waals surface area contributed by atoms with Gasteiger partial charge in [0.25, 0.3) is 0 Å². The molecule has 1 N–H and O–H groups in total. The van der Waals surface area contributed by atoms with Gasteiger partial charge in [0.15, 0.2) is 0 Å². The first-order valence-electron chi connectivity index (χ1n) is 10.2. The lowest BCUT2D eigenvalue weighted by molar-refractivity contribution is 0.0521. The highest BCUT2D eigenvalue weighted by Crippen LogP contribution is 2.23. The molecule has 2 aliphatic heterocycles. The molecular formula is C21H33N3O4. The molecule has 2 saturated heterocycles. The van der Waals surface area contributed by atoms with Crippen molar-refractivity contribution >= 4 is 11.8 Å². The number of benzene rings is 1. The van der Waals surface area contributed by atoms with Crippen LogP contribution in [0.2, 0.25) is 0 Å². The van der Waals surface area contributed by atoms with Gasteiger partial charge in [-0.15, -0.1) is 0 Å². The summed E-state index contributed by atoms with van der Waals surface area (Å²) in [7, 11) is 0. The number of nitrogens with zero attached hydrogens (tertiary/aromatic N) is 2. The summed E-state index contributed by atoms with van der Waals surface area (Å²) < 4.78 is 16.5. The minimum Gasteiger partial charge on any atom is -0.488 e. The van der Waals surface area contributed by atoms with Gasteiger partial charge in [-0.3, -0.25) is 4.90 Å². The Balaban J connectivity index is 1.36. The van der Waals surface area contributed by atoms with E-state index >= 15 is 0 Å². The summed E-state index contributed by atoms with van der Waals surface area (Å²) in [5.41, 5.74) is 0.766. The Hall–Kier alpha value is -1.99. The Bertz CT molecular complexity index is 616. The second-order valence-corrected chi connectivity index (χ2v) is 8.35. The smallest absolute Gasteiger partial charge is 0.407 e. The van der Waals surface area contributed by atoms with E-state index in [2.05, 4.69) is 27.2 Å². The maximum absolute atomic E-state index is 11.7. The molecular weight excluding hydrogens is 358 g/mol. The third-order valence-corrected chi connectivity index (χ3v) is 4.86. The molecule has 2 heterocycles. The molecule has 28 heavy (non-hydrogen) atoms. The Kier molecular flexibility index (Phi) is 7.02. The lowest BCUT2D eigenvalue weighted by Crippen LogP contribution is -2.48. The van der Waals surface area contributed by atoms with Crippen molar-refractivity contribution in [3.05, 3.63) is 24.3 Å². The first kappa shape index (κ1) is 20.7. The zero-order valence-electron chi connectivity index (χ0n) is 17.3. The van der Waals surface area contributed by atoms with Crippen LogP contribution < -0.4 is 15.0 Å². The summed E-state index contributed by atoms with van der Waals surface area (Å²) >= 11 is 0. The third-order valence-electron chi connectivity index (χ3n) is 4.86. The molecule has 0 spiro atoms. The first-order valence-corrected chi connectivity index (χ1v) is 10.2.